The van der Waals surface area contributed by atoms with Gasteiger partial charge in [-0.2, -0.15) is 16.7 Å². The lowest BCUT2D eigenvalue weighted by molar-refractivity contribution is 0.190. The van der Waals surface area contributed by atoms with Crippen LogP contribution in [0.4, 0.5) is 0 Å². The summed E-state index contributed by atoms with van der Waals surface area (Å²) < 4.78 is 5.37. The molecule has 1 fully saturated rings. The monoisotopic (exact) mass is 319 g/mol. The second kappa shape index (κ2) is 7.71. The molecule has 0 spiro atoms. The van der Waals surface area contributed by atoms with E-state index < -0.39 is 0 Å². The first-order valence-electron chi connectivity index (χ1n) is 7.54. The van der Waals surface area contributed by atoms with Gasteiger partial charge in [-0.25, -0.2) is 0 Å². The van der Waals surface area contributed by atoms with Gasteiger partial charge in [0.1, 0.15) is 0 Å². The Bertz CT molecular complexity index is 576. The Morgan fingerprint density at radius 1 is 1.45 bits per heavy atom. The van der Waals surface area contributed by atoms with Crippen LogP contribution in [0.5, 0.6) is 0 Å². The van der Waals surface area contributed by atoms with E-state index >= 15 is 0 Å². The molecule has 1 aliphatic rings. The molecule has 6 nitrogen and oxygen atoms in total. The zero-order valence-corrected chi connectivity index (χ0v) is 13.6. The van der Waals surface area contributed by atoms with E-state index in [1.165, 1.54) is 0 Å². The van der Waals surface area contributed by atoms with Gasteiger partial charge in [-0.15, -0.1) is 0 Å². The molecule has 1 aliphatic heterocycles. The Balaban J connectivity index is 1.45. The normalized spacial score (nSPS) is 19.4. The van der Waals surface area contributed by atoms with Crippen molar-refractivity contribution in [1.29, 1.82) is 0 Å². The lowest BCUT2D eigenvalue weighted by Gasteiger charge is -2.30. The zero-order chi connectivity index (χ0) is 15.2. The van der Waals surface area contributed by atoms with Crippen molar-refractivity contribution in [2.45, 2.75) is 18.2 Å². The molecule has 3 rings (SSSR count). The maximum absolute atomic E-state index is 5.37. The molecule has 1 atom stereocenters. The molecule has 0 radical (unpaired) electrons. The van der Waals surface area contributed by atoms with E-state index in [0.717, 1.165) is 55.0 Å². The summed E-state index contributed by atoms with van der Waals surface area (Å²) in [5.74, 6) is 3.38. The van der Waals surface area contributed by atoms with Crippen molar-refractivity contribution in [3.63, 3.8) is 0 Å². The van der Waals surface area contributed by atoms with Gasteiger partial charge < -0.3 is 9.84 Å². The Hall–Kier alpha value is -1.44. The second-order valence-corrected chi connectivity index (χ2v) is 6.48. The Morgan fingerprint density at radius 3 is 3.23 bits per heavy atom. The van der Waals surface area contributed by atoms with Crippen LogP contribution in [-0.2, 0) is 12.2 Å². The van der Waals surface area contributed by atoms with Crippen molar-refractivity contribution >= 4 is 11.8 Å². The first-order chi connectivity index (χ1) is 10.8. The second-order valence-electron chi connectivity index (χ2n) is 5.37. The molecule has 7 heteroatoms. The highest BCUT2D eigenvalue weighted by molar-refractivity contribution is 7.98. The summed E-state index contributed by atoms with van der Waals surface area (Å²) in [6, 6.07) is 6.21. The van der Waals surface area contributed by atoms with Gasteiger partial charge in [0, 0.05) is 43.8 Å². The summed E-state index contributed by atoms with van der Waals surface area (Å²) in [5.41, 5.74) is 1.11. The summed E-state index contributed by atoms with van der Waals surface area (Å²) in [6.07, 6.45) is 2.63. The molecule has 118 valence electrons. The van der Waals surface area contributed by atoms with Crippen LogP contribution in [0.25, 0.3) is 0 Å². The predicted octanol–water partition coefficient (Wildman–Crippen LogP) is 1.52. The zero-order valence-electron chi connectivity index (χ0n) is 12.7. The van der Waals surface area contributed by atoms with Crippen molar-refractivity contribution in [3.8, 4) is 0 Å². The number of thioether (sulfide) groups is 1. The molecule has 1 saturated heterocycles. The lowest BCUT2D eigenvalue weighted by Crippen LogP contribution is -2.44. The third kappa shape index (κ3) is 4.06. The highest BCUT2D eigenvalue weighted by Gasteiger charge is 2.24. The van der Waals surface area contributed by atoms with Crippen molar-refractivity contribution in [2.24, 2.45) is 0 Å². The molecule has 2 aromatic heterocycles. The van der Waals surface area contributed by atoms with Crippen LogP contribution < -0.4 is 5.32 Å². The number of aromatic nitrogens is 3. The Morgan fingerprint density at radius 2 is 2.41 bits per heavy atom. The minimum atomic E-state index is 0.215. The molecule has 22 heavy (non-hydrogen) atoms. The van der Waals surface area contributed by atoms with E-state index in [-0.39, 0.29) is 6.04 Å². The molecule has 1 unspecified atom stereocenters. The predicted molar refractivity (Wildman–Crippen MR) is 86.6 cm³/mol. The molecule has 2 aromatic rings. The van der Waals surface area contributed by atoms with E-state index in [0.29, 0.717) is 0 Å². The molecule has 0 aromatic carbocycles. The highest BCUT2D eigenvalue weighted by Crippen LogP contribution is 2.18. The van der Waals surface area contributed by atoms with Crippen molar-refractivity contribution in [2.75, 3.05) is 32.4 Å². The molecular weight excluding hydrogens is 298 g/mol. The van der Waals surface area contributed by atoms with E-state index in [1.807, 2.05) is 36.2 Å². The average molecular weight is 319 g/mol. The summed E-state index contributed by atoms with van der Waals surface area (Å²) >= 11 is 1.83. The largest absolute Gasteiger partial charge is 0.339 e. The first kappa shape index (κ1) is 15.5. The fourth-order valence-corrected chi connectivity index (χ4v) is 3.26. The average Bonchev–Trinajstić information content (AvgIpc) is 3.02. The number of piperazine rings is 1. The van der Waals surface area contributed by atoms with E-state index in [2.05, 4.69) is 32.4 Å². The third-order valence-corrected chi connectivity index (χ3v) is 4.72. The highest BCUT2D eigenvalue weighted by atomic mass is 32.2. The summed E-state index contributed by atoms with van der Waals surface area (Å²) in [4.78, 5) is 11.1. The van der Waals surface area contributed by atoms with Gasteiger partial charge in [-0.05, 0) is 19.2 Å². The molecule has 0 aliphatic carbocycles. The van der Waals surface area contributed by atoms with Crippen LogP contribution in [0.3, 0.4) is 0 Å². The van der Waals surface area contributed by atoms with Crippen molar-refractivity contribution in [3.05, 3.63) is 41.8 Å². The number of hydrogen-bond acceptors (Lipinski definition) is 7. The number of aryl methyl sites for hydroxylation is 1. The van der Waals surface area contributed by atoms with Gasteiger partial charge in [0.2, 0.25) is 5.89 Å². The number of rotatable bonds is 6. The summed E-state index contributed by atoms with van der Waals surface area (Å²) in [5, 5.41) is 7.51. The first-order valence-corrected chi connectivity index (χ1v) is 8.69. The fourth-order valence-electron chi connectivity index (χ4n) is 2.42. The Labute approximate surface area is 134 Å². The summed E-state index contributed by atoms with van der Waals surface area (Å²) in [6.45, 7) is 2.90. The molecule has 0 saturated carbocycles. The minimum Gasteiger partial charge on any atom is -0.339 e. The molecule has 1 N–H and O–H groups in total. The summed E-state index contributed by atoms with van der Waals surface area (Å²) in [7, 11) is 2.10. The quantitative estimate of drug-likeness (QED) is 0.810. The number of nitrogens with one attached hydrogen (secondary N) is 1. The van der Waals surface area contributed by atoms with Gasteiger partial charge in [-0.1, -0.05) is 11.2 Å². The fraction of sp³-hybridized carbons (Fsp3) is 0.533. The van der Waals surface area contributed by atoms with E-state index in [1.54, 1.807) is 0 Å². The van der Waals surface area contributed by atoms with Crippen LogP contribution >= 0.6 is 11.8 Å². The third-order valence-electron chi connectivity index (χ3n) is 3.73. The molecule has 0 bridgehead atoms. The maximum atomic E-state index is 5.37. The van der Waals surface area contributed by atoms with Gasteiger partial charge in [0.05, 0.1) is 11.7 Å². The smallest absolute Gasteiger partial charge is 0.227 e. The van der Waals surface area contributed by atoms with Gasteiger partial charge in [-0.3, -0.25) is 9.88 Å². The van der Waals surface area contributed by atoms with E-state index in [4.69, 9.17) is 4.52 Å². The standard InChI is InChI=1S/C15H21N5OS/c1-20-8-7-16-10-13(20)15-18-14(21-19-15)5-9-22-11-12-4-2-3-6-17-12/h2-4,6,13,16H,5,7-11H2,1H3. The number of hydrogen-bond donors (Lipinski definition) is 1. The lowest BCUT2D eigenvalue weighted by atomic mass is 10.2. The van der Waals surface area contributed by atoms with Gasteiger partial charge in [0.15, 0.2) is 5.82 Å². The van der Waals surface area contributed by atoms with Gasteiger partial charge in [0.25, 0.3) is 0 Å². The molecule has 0 amide bonds. The number of nitrogens with zero attached hydrogens (tertiary/aromatic N) is 4. The van der Waals surface area contributed by atoms with Crippen LogP contribution in [0.2, 0.25) is 0 Å². The minimum absolute atomic E-state index is 0.215. The van der Waals surface area contributed by atoms with Crippen LogP contribution in [0.1, 0.15) is 23.5 Å². The number of pyridine rings is 1. The SMILES string of the molecule is CN1CCNCC1c1noc(CCSCc2ccccn2)n1. The Kier molecular flexibility index (Phi) is 5.42. The maximum Gasteiger partial charge on any atom is 0.227 e. The van der Waals surface area contributed by atoms with Crippen LogP contribution in [-0.4, -0.2) is 52.5 Å². The van der Waals surface area contributed by atoms with E-state index in [9.17, 15) is 0 Å². The molecule has 3 heterocycles. The van der Waals surface area contributed by atoms with Crippen LogP contribution in [0, 0.1) is 0 Å². The van der Waals surface area contributed by atoms with Crippen LogP contribution in [0.15, 0.2) is 28.9 Å². The van der Waals surface area contributed by atoms with Gasteiger partial charge >= 0.3 is 0 Å². The van der Waals surface area contributed by atoms with Crippen molar-refractivity contribution < 1.29 is 4.52 Å². The topological polar surface area (TPSA) is 67.1 Å². The molecular formula is C15H21N5OS. The number of likely N-dealkylation sites (N-methyl/N-ethyl adjacent to an activating group) is 1. The van der Waals surface area contributed by atoms with Crippen molar-refractivity contribution in [1.82, 2.24) is 25.3 Å².